The smallest absolute Gasteiger partial charge is 0.324 e. The number of hydrogen-bond acceptors (Lipinski definition) is 5. The first-order chi connectivity index (χ1) is 12.1. The second-order valence-corrected chi connectivity index (χ2v) is 8.03. The van der Waals surface area contributed by atoms with E-state index >= 15 is 0 Å². The van der Waals surface area contributed by atoms with Crippen LogP contribution in [-0.2, 0) is 26.1 Å². The lowest BCUT2D eigenvalue weighted by molar-refractivity contribution is -0.623. The Labute approximate surface area is 153 Å². The maximum atomic E-state index is 12.9. The van der Waals surface area contributed by atoms with E-state index in [0.29, 0.717) is 11.5 Å². The zero-order valence-corrected chi connectivity index (χ0v) is 16.2. The molecule has 1 aromatic heterocycles. The van der Waals surface area contributed by atoms with Crippen LogP contribution in [0.1, 0.15) is 69.1 Å². The molecule has 0 unspecified atom stereocenters. The SMILES string of the molecule is Cc1c(C)[n+]([O-])c([C@H](C2CCCCC2)C2C(=O)OC(C)(C)OC2=O)n1C. The van der Waals surface area contributed by atoms with Gasteiger partial charge in [-0.25, -0.2) is 9.30 Å². The van der Waals surface area contributed by atoms with Crippen LogP contribution in [0.2, 0.25) is 0 Å². The van der Waals surface area contributed by atoms with Crippen molar-refractivity contribution in [3.63, 3.8) is 0 Å². The summed E-state index contributed by atoms with van der Waals surface area (Å²) in [4.78, 5) is 25.5. The number of aromatic nitrogens is 2. The fourth-order valence-corrected chi connectivity index (χ4v) is 4.38. The Morgan fingerprint density at radius 3 is 2.12 bits per heavy atom. The molecule has 0 N–H and O–H groups in total. The predicted molar refractivity (Wildman–Crippen MR) is 92.9 cm³/mol. The Balaban J connectivity index is 2.09. The van der Waals surface area contributed by atoms with Crippen LogP contribution in [0.4, 0.5) is 0 Å². The van der Waals surface area contributed by atoms with Gasteiger partial charge in [0.05, 0.1) is 13.0 Å². The van der Waals surface area contributed by atoms with Gasteiger partial charge in [-0.1, -0.05) is 19.3 Å². The van der Waals surface area contributed by atoms with Crippen molar-refractivity contribution in [3.05, 3.63) is 22.4 Å². The van der Waals surface area contributed by atoms with Crippen LogP contribution in [0, 0.1) is 30.9 Å². The van der Waals surface area contributed by atoms with Crippen molar-refractivity contribution in [2.24, 2.45) is 18.9 Å². The van der Waals surface area contributed by atoms with E-state index in [2.05, 4.69) is 0 Å². The number of esters is 2. The molecule has 2 heterocycles. The third-order valence-electron chi connectivity index (χ3n) is 5.90. The molecule has 1 atom stereocenters. The van der Waals surface area contributed by atoms with Crippen LogP contribution in [0.3, 0.4) is 0 Å². The van der Waals surface area contributed by atoms with E-state index in [-0.39, 0.29) is 5.92 Å². The van der Waals surface area contributed by atoms with Gasteiger partial charge < -0.3 is 14.7 Å². The highest BCUT2D eigenvalue weighted by Gasteiger charge is 2.53. The molecule has 1 aliphatic carbocycles. The first-order valence-corrected chi connectivity index (χ1v) is 9.35. The second kappa shape index (κ2) is 6.59. The number of carbonyl (C=O) groups is 2. The average molecular weight is 364 g/mol. The number of hydrogen-bond donors (Lipinski definition) is 0. The topological polar surface area (TPSA) is 84.5 Å². The van der Waals surface area contributed by atoms with Crippen molar-refractivity contribution >= 4 is 11.9 Å². The van der Waals surface area contributed by atoms with E-state index in [1.165, 1.54) is 0 Å². The first-order valence-electron chi connectivity index (χ1n) is 9.35. The maximum Gasteiger partial charge on any atom is 0.324 e. The maximum absolute atomic E-state index is 12.9. The van der Waals surface area contributed by atoms with Crippen molar-refractivity contribution in [2.75, 3.05) is 0 Å². The normalized spacial score (nSPS) is 22.8. The van der Waals surface area contributed by atoms with E-state index < -0.39 is 29.6 Å². The zero-order valence-electron chi connectivity index (χ0n) is 16.2. The van der Waals surface area contributed by atoms with E-state index in [0.717, 1.165) is 42.5 Å². The van der Waals surface area contributed by atoms with Gasteiger partial charge in [-0.2, -0.15) is 0 Å². The minimum absolute atomic E-state index is 0.0719. The minimum atomic E-state index is -1.27. The monoisotopic (exact) mass is 364 g/mol. The fourth-order valence-electron chi connectivity index (χ4n) is 4.38. The van der Waals surface area contributed by atoms with E-state index in [4.69, 9.17) is 9.47 Å². The van der Waals surface area contributed by atoms with E-state index in [1.54, 1.807) is 20.8 Å². The van der Waals surface area contributed by atoms with Gasteiger partial charge in [-0.15, -0.1) is 0 Å². The molecule has 0 spiro atoms. The van der Waals surface area contributed by atoms with Gasteiger partial charge in [0, 0.05) is 27.7 Å². The molecule has 0 radical (unpaired) electrons. The number of carbonyl (C=O) groups excluding carboxylic acids is 2. The number of rotatable bonds is 3. The quantitative estimate of drug-likeness (QED) is 0.356. The average Bonchev–Trinajstić information content (AvgIpc) is 2.75. The second-order valence-electron chi connectivity index (χ2n) is 8.03. The van der Waals surface area contributed by atoms with Crippen molar-refractivity contribution in [3.8, 4) is 0 Å². The van der Waals surface area contributed by atoms with Crippen LogP contribution in [0.25, 0.3) is 0 Å². The lowest BCUT2D eigenvalue weighted by Crippen LogP contribution is -2.51. The molecule has 7 heteroatoms. The zero-order chi connectivity index (χ0) is 19.2. The van der Waals surface area contributed by atoms with Crippen molar-refractivity contribution in [2.45, 2.75) is 71.5 Å². The Morgan fingerprint density at radius 2 is 1.65 bits per heavy atom. The highest BCUT2D eigenvalue weighted by molar-refractivity contribution is 5.97. The Morgan fingerprint density at radius 1 is 1.12 bits per heavy atom. The van der Waals surface area contributed by atoms with Gasteiger partial charge >= 0.3 is 11.9 Å². The Kier molecular flexibility index (Phi) is 4.75. The van der Waals surface area contributed by atoms with Crippen LogP contribution < -0.4 is 4.73 Å². The Bertz CT molecular complexity index is 685. The summed E-state index contributed by atoms with van der Waals surface area (Å²) >= 11 is 0. The number of cyclic esters (lactones) is 2. The molecule has 1 saturated heterocycles. The Hall–Kier alpha value is -2.05. The summed E-state index contributed by atoms with van der Waals surface area (Å²) in [6.07, 6.45) is 4.97. The predicted octanol–water partition coefficient (Wildman–Crippen LogP) is 2.39. The molecule has 26 heavy (non-hydrogen) atoms. The summed E-state index contributed by atoms with van der Waals surface area (Å²) in [7, 11) is 1.81. The van der Waals surface area contributed by atoms with Crippen molar-refractivity contribution in [1.29, 1.82) is 0 Å². The summed E-state index contributed by atoms with van der Waals surface area (Å²) in [6.45, 7) is 6.70. The molecular weight excluding hydrogens is 336 g/mol. The molecular formula is C19H28N2O5. The number of nitrogens with zero attached hydrogens (tertiary/aromatic N) is 2. The summed E-state index contributed by atoms with van der Waals surface area (Å²) in [6, 6.07) is 0. The van der Waals surface area contributed by atoms with Crippen molar-refractivity contribution in [1.82, 2.24) is 4.57 Å². The van der Waals surface area contributed by atoms with Gasteiger partial charge in [-0.05, 0) is 18.8 Å². The van der Waals surface area contributed by atoms with Crippen LogP contribution in [0.15, 0.2) is 0 Å². The number of imidazole rings is 1. The summed E-state index contributed by atoms with van der Waals surface area (Å²) in [5, 5.41) is 12.9. The summed E-state index contributed by atoms with van der Waals surface area (Å²) in [5.74, 6) is -3.58. The molecule has 1 aromatic rings. The van der Waals surface area contributed by atoms with Gasteiger partial charge in [0.1, 0.15) is 11.4 Å². The van der Waals surface area contributed by atoms with Gasteiger partial charge in [-0.3, -0.25) is 9.59 Å². The molecule has 7 nitrogen and oxygen atoms in total. The van der Waals surface area contributed by atoms with E-state index in [9.17, 15) is 14.8 Å². The van der Waals surface area contributed by atoms with Gasteiger partial charge in [0.2, 0.25) is 0 Å². The van der Waals surface area contributed by atoms with Gasteiger partial charge in [0.15, 0.2) is 5.92 Å². The summed E-state index contributed by atoms with van der Waals surface area (Å²) in [5.41, 5.74) is 1.41. The lowest BCUT2D eigenvalue weighted by atomic mass is 9.73. The molecule has 1 saturated carbocycles. The third kappa shape index (κ3) is 3.08. The molecule has 1 aliphatic heterocycles. The standard InChI is InChI=1S/C19H28N2O5/c1-11-12(2)21(24)16(20(11)5)14(13-9-7-6-8-10-13)15-17(22)25-19(3,4)26-18(15)23/h13-15H,6-10H2,1-5H3/t14-/m1/s1. The first kappa shape index (κ1) is 18.7. The van der Waals surface area contributed by atoms with E-state index in [1.807, 2.05) is 18.5 Å². The van der Waals surface area contributed by atoms with Crippen LogP contribution in [0.5, 0.6) is 0 Å². The van der Waals surface area contributed by atoms with Gasteiger partial charge in [0.25, 0.3) is 11.6 Å². The summed E-state index contributed by atoms with van der Waals surface area (Å²) < 4.78 is 13.4. The highest BCUT2D eigenvalue weighted by Crippen LogP contribution is 2.43. The molecule has 2 aliphatic rings. The molecule has 3 rings (SSSR count). The number of ether oxygens (including phenoxy) is 2. The largest absolute Gasteiger partial charge is 0.711 e. The minimum Gasteiger partial charge on any atom is -0.711 e. The van der Waals surface area contributed by atoms with Crippen molar-refractivity contribution < 1.29 is 23.8 Å². The third-order valence-corrected chi connectivity index (χ3v) is 5.90. The molecule has 144 valence electrons. The molecule has 0 aromatic carbocycles. The molecule has 0 amide bonds. The fraction of sp³-hybridized carbons (Fsp3) is 0.737. The van der Waals surface area contributed by atoms with Crippen LogP contribution in [-0.4, -0.2) is 22.3 Å². The lowest BCUT2D eigenvalue weighted by Gasteiger charge is -2.38. The molecule has 2 fully saturated rings. The highest BCUT2D eigenvalue weighted by atomic mass is 16.7. The van der Waals surface area contributed by atoms with Crippen LogP contribution >= 0.6 is 0 Å². The molecule has 0 bridgehead atoms.